The second-order valence-electron chi connectivity index (χ2n) is 5.42. The van der Waals surface area contributed by atoms with Gasteiger partial charge in [0.1, 0.15) is 5.54 Å². The van der Waals surface area contributed by atoms with E-state index in [1.54, 1.807) is 0 Å². The Bertz CT molecular complexity index is 316. The van der Waals surface area contributed by atoms with Crippen LogP contribution in [0, 0.1) is 17.8 Å². The van der Waals surface area contributed by atoms with Gasteiger partial charge in [-0.1, -0.05) is 26.7 Å². The first kappa shape index (κ1) is 14.0. The molecule has 0 amide bonds. The topological polar surface area (TPSA) is 101 Å². The van der Waals surface area contributed by atoms with Crippen LogP contribution in [0.1, 0.15) is 39.5 Å². The van der Waals surface area contributed by atoms with E-state index in [1.165, 1.54) is 0 Å². The third kappa shape index (κ3) is 3.19. The zero-order chi connectivity index (χ0) is 13.2. The summed E-state index contributed by atoms with van der Waals surface area (Å²) in [5.41, 5.74) is 4.53. The van der Waals surface area contributed by atoms with Crippen LogP contribution in [0.3, 0.4) is 0 Å². The number of carboxylic acid groups (broad SMARTS) is 2. The van der Waals surface area contributed by atoms with Gasteiger partial charge in [-0.15, -0.1) is 0 Å². The van der Waals surface area contributed by atoms with Crippen molar-refractivity contribution in [3.63, 3.8) is 0 Å². The highest BCUT2D eigenvalue weighted by Crippen LogP contribution is 2.47. The number of hydrogen-bond donors (Lipinski definition) is 3. The zero-order valence-corrected chi connectivity index (χ0v) is 10.3. The molecular formula is C12H21NO4. The molecule has 0 saturated heterocycles. The van der Waals surface area contributed by atoms with E-state index < -0.39 is 29.3 Å². The molecule has 1 saturated carbocycles. The average molecular weight is 243 g/mol. The van der Waals surface area contributed by atoms with E-state index in [9.17, 15) is 14.7 Å². The summed E-state index contributed by atoms with van der Waals surface area (Å²) in [4.78, 5) is 22.0. The maximum absolute atomic E-state index is 11.2. The monoisotopic (exact) mass is 243 g/mol. The Morgan fingerprint density at radius 2 is 2.00 bits per heavy atom. The maximum atomic E-state index is 11.2. The Labute approximate surface area is 101 Å². The van der Waals surface area contributed by atoms with Crippen LogP contribution in [-0.4, -0.2) is 27.7 Å². The molecule has 17 heavy (non-hydrogen) atoms. The fourth-order valence-electron chi connectivity index (χ4n) is 2.29. The van der Waals surface area contributed by atoms with Gasteiger partial charge >= 0.3 is 11.9 Å². The molecule has 0 spiro atoms. The molecule has 0 bridgehead atoms. The zero-order valence-electron chi connectivity index (χ0n) is 10.3. The van der Waals surface area contributed by atoms with Crippen LogP contribution in [0.5, 0.6) is 0 Å². The van der Waals surface area contributed by atoms with Crippen LogP contribution in [0.25, 0.3) is 0 Å². The molecule has 98 valence electrons. The molecule has 3 unspecified atom stereocenters. The summed E-state index contributed by atoms with van der Waals surface area (Å²) in [6, 6.07) is 0. The fraction of sp³-hybridized carbons (Fsp3) is 0.833. The first-order valence-corrected chi connectivity index (χ1v) is 6.04. The summed E-state index contributed by atoms with van der Waals surface area (Å²) in [5.74, 6) is -2.49. The molecular weight excluding hydrogens is 222 g/mol. The molecule has 4 N–H and O–H groups in total. The molecule has 0 heterocycles. The predicted molar refractivity (Wildman–Crippen MR) is 62.5 cm³/mol. The van der Waals surface area contributed by atoms with Crippen molar-refractivity contribution in [3.8, 4) is 0 Å². The highest BCUT2D eigenvalue weighted by molar-refractivity contribution is 5.83. The van der Waals surface area contributed by atoms with Gasteiger partial charge in [-0.05, 0) is 18.8 Å². The molecule has 0 radical (unpaired) electrons. The van der Waals surface area contributed by atoms with Crippen LogP contribution in [0.15, 0.2) is 0 Å². The minimum Gasteiger partial charge on any atom is -0.481 e. The van der Waals surface area contributed by atoms with E-state index in [0.29, 0.717) is 18.8 Å². The number of rotatable bonds is 7. The number of carbonyl (C=O) groups is 2. The molecule has 1 fully saturated rings. The third-order valence-corrected chi connectivity index (χ3v) is 3.54. The van der Waals surface area contributed by atoms with Crippen molar-refractivity contribution in [1.29, 1.82) is 0 Å². The van der Waals surface area contributed by atoms with E-state index in [1.807, 2.05) is 0 Å². The minimum atomic E-state index is -1.36. The van der Waals surface area contributed by atoms with Crippen molar-refractivity contribution < 1.29 is 19.8 Å². The molecule has 5 nitrogen and oxygen atoms in total. The molecule has 1 aliphatic carbocycles. The normalized spacial score (nSPS) is 26.6. The van der Waals surface area contributed by atoms with Crippen LogP contribution >= 0.6 is 0 Å². The van der Waals surface area contributed by atoms with Gasteiger partial charge in [0, 0.05) is 5.92 Å². The molecule has 5 heteroatoms. The summed E-state index contributed by atoms with van der Waals surface area (Å²) < 4.78 is 0. The Morgan fingerprint density at radius 3 is 2.35 bits per heavy atom. The standard InChI is InChI=1S/C12H21NO4/c1-7(2)4-3-5-12(13,11(16)17)9-6-8(9)10(14)15/h7-9H,3-6,13H2,1-2H3,(H,14,15)(H,16,17). The number of aliphatic carboxylic acids is 2. The minimum absolute atomic E-state index is 0.356. The molecule has 1 rings (SSSR count). The lowest BCUT2D eigenvalue weighted by molar-refractivity contribution is -0.145. The van der Waals surface area contributed by atoms with E-state index in [2.05, 4.69) is 13.8 Å². The SMILES string of the molecule is CC(C)CCCC(N)(C(=O)O)C1CC1C(=O)O. The Hall–Kier alpha value is -1.10. The summed E-state index contributed by atoms with van der Waals surface area (Å²) in [6.07, 6.45) is 2.38. The molecule has 0 aliphatic heterocycles. The van der Waals surface area contributed by atoms with Crippen molar-refractivity contribution in [2.45, 2.75) is 45.1 Å². The first-order chi connectivity index (χ1) is 7.79. The lowest BCUT2D eigenvalue weighted by Crippen LogP contribution is -2.51. The first-order valence-electron chi connectivity index (χ1n) is 6.04. The van der Waals surface area contributed by atoms with Crippen molar-refractivity contribution in [1.82, 2.24) is 0 Å². The van der Waals surface area contributed by atoms with E-state index >= 15 is 0 Å². The van der Waals surface area contributed by atoms with Crippen molar-refractivity contribution in [2.24, 2.45) is 23.5 Å². The second-order valence-corrected chi connectivity index (χ2v) is 5.42. The van der Waals surface area contributed by atoms with Crippen molar-refractivity contribution in [3.05, 3.63) is 0 Å². The third-order valence-electron chi connectivity index (χ3n) is 3.54. The average Bonchev–Trinajstić information content (AvgIpc) is 2.95. The fourth-order valence-corrected chi connectivity index (χ4v) is 2.29. The Kier molecular flexibility index (Phi) is 4.14. The van der Waals surface area contributed by atoms with Gasteiger partial charge in [0.2, 0.25) is 0 Å². The van der Waals surface area contributed by atoms with Crippen molar-refractivity contribution in [2.75, 3.05) is 0 Å². The molecule has 0 aromatic heterocycles. The predicted octanol–water partition coefficient (Wildman–Crippen LogP) is 1.32. The Balaban J connectivity index is 2.58. The van der Waals surface area contributed by atoms with E-state index in [-0.39, 0.29) is 0 Å². The van der Waals surface area contributed by atoms with Crippen LogP contribution in [0.4, 0.5) is 0 Å². The number of hydrogen-bond acceptors (Lipinski definition) is 3. The summed E-state index contributed by atoms with van der Waals surface area (Å²) in [6.45, 7) is 4.13. The summed E-state index contributed by atoms with van der Waals surface area (Å²) in [7, 11) is 0. The summed E-state index contributed by atoms with van der Waals surface area (Å²) in [5, 5.41) is 18.0. The summed E-state index contributed by atoms with van der Waals surface area (Å²) >= 11 is 0. The van der Waals surface area contributed by atoms with Crippen LogP contribution < -0.4 is 5.73 Å². The van der Waals surface area contributed by atoms with Gasteiger partial charge in [-0.25, -0.2) is 0 Å². The number of carboxylic acids is 2. The van der Waals surface area contributed by atoms with E-state index in [4.69, 9.17) is 10.8 Å². The van der Waals surface area contributed by atoms with Crippen LogP contribution in [-0.2, 0) is 9.59 Å². The van der Waals surface area contributed by atoms with Crippen molar-refractivity contribution >= 4 is 11.9 Å². The van der Waals surface area contributed by atoms with Gasteiger partial charge in [0.25, 0.3) is 0 Å². The lowest BCUT2D eigenvalue weighted by Gasteiger charge is -2.25. The lowest BCUT2D eigenvalue weighted by atomic mass is 9.86. The largest absolute Gasteiger partial charge is 0.481 e. The molecule has 1 aliphatic rings. The second kappa shape index (κ2) is 5.04. The van der Waals surface area contributed by atoms with Gasteiger partial charge in [0.15, 0.2) is 0 Å². The van der Waals surface area contributed by atoms with Gasteiger partial charge in [-0.2, -0.15) is 0 Å². The quantitative estimate of drug-likeness (QED) is 0.626. The molecule has 0 aromatic carbocycles. The molecule has 0 aromatic rings. The Morgan fingerprint density at radius 1 is 1.41 bits per heavy atom. The smallest absolute Gasteiger partial charge is 0.323 e. The highest BCUT2D eigenvalue weighted by atomic mass is 16.4. The highest BCUT2D eigenvalue weighted by Gasteiger charge is 2.57. The van der Waals surface area contributed by atoms with Gasteiger partial charge in [0.05, 0.1) is 5.92 Å². The van der Waals surface area contributed by atoms with Gasteiger partial charge < -0.3 is 15.9 Å². The van der Waals surface area contributed by atoms with Crippen LogP contribution in [0.2, 0.25) is 0 Å². The number of nitrogens with two attached hydrogens (primary N) is 1. The van der Waals surface area contributed by atoms with Gasteiger partial charge in [-0.3, -0.25) is 9.59 Å². The van der Waals surface area contributed by atoms with E-state index in [0.717, 1.165) is 12.8 Å². The maximum Gasteiger partial charge on any atom is 0.323 e. The molecule has 3 atom stereocenters.